The van der Waals surface area contributed by atoms with Crippen LogP contribution in [0.2, 0.25) is 0 Å². The molecule has 0 radical (unpaired) electrons. The SMILES string of the molecule is CC1(C)O[C@@H]2[C@H](OCc3ccccc3)[C@@H](CO)C=C[C@@H]2O1. The maximum atomic E-state index is 9.58. The summed E-state index contributed by atoms with van der Waals surface area (Å²) in [6, 6.07) is 10.0. The summed E-state index contributed by atoms with van der Waals surface area (Å²) in [5.74, 6) is -0.675. The molecule has 0 bridgehead atoms. The van der Waals surface area contributed by atoms with Gasteiger partial charge < -0.3 is 19.3 Å². The molecule has 0 amide bonds. The second kappa shape index (κ2) is 5.89. The Morgan fingerprint density at radius 3 is 2.62 bits per heavy atom. The van der Waals surface area contributed by atoms with E-state index in [9.17, 15) is 5.11 Å². The van der Waals surface area contributed by atoms with Crippen LogP contribution < -0.4 is 0 Å². The summed E-state index contributed by atoms with van der Waals surface area (Å²) in [6.07, 6.45) is 3.46. The first-order valence-electron chi connectivity index (χ1n) is 7.39. The molecule has 1 heterocycles. The third-order valence-electron chi connectivity index (χ3n) is 3.95. The summed E-state index contributed by atoms with van der Waals surface area (Å²) in [6.45, 7) is 4.36. The molecule has 1 aromatic rings. The zero-order valence-electron chi connectivity index (χ0n) is 12.4. The number of aliphatic hydroxyl groups is 1. The lowest BCUT2D eigenvalue weighted by Crippen LogP contribution is -2.45. The molecule has 1 aliphatic heterocycles. The van der Waals surface area contributed by atoms with E-state index in [4.69, 9.17) is 14.2 Å². The number of benzene rings is 1. The van der Waals surface area contributed by atoms with Gasteiger partial charge in [0, 0.05) is 5.92 Å². The first kappa shape index (κ1) is 14.7. The summed E-state index contributed by atoms with van der Waals surface area (Å²) >= 11 is 0. The predicted octanol–water partition coefficient (Wildman–Crippen LogP) is 2.27. The topological polar surface area (TPSA) is 47.9 Å². The van der Waals surface area contributed by atoms with Gasteiger partial charge in [0.2, 0.25) is 0 Å². The molecule has 114 valence electrons. The number of rotatable bonds is 4. The summed E-state index contributed by atoms with van der Waals surface area (Å²) in [4.78, 5) is 0. The van der Waals surface area contributed by atoms with Crippen LogP contribution in [0.5, 0.6) is 0 Å². The van der Waals surface area contributed by atoms with Crippen molar-refractivity contribution >= 4 is 0 Å². The number of hydrogen-bond acceptors (Lipinski definition) is 4. The molecular formula is C17H22O4. The zero-order valence-corrected chi connectivity index (χ0v) is 12.4. The van der Waals surface area contributed by atoms with Crippen molar-refractivity contribution < 1.29 is 19.3 Å². The molecule has 21 heavy (non-hydrogen) atoms. The van der Waals surface area contributed by atoms with E-state index in [0.717, 1.165) is 5.56 Å². The fraction of sp³-hybridized carbons (Fsp3) is 0.529. The normalized spacial score (nSPS) is 33.9. The van der Waals surface area contributed by atoms with Crippen molar-refractivity contribution in [3.05, 3.63) is 48.0 Å². The Bertz CT molecular complexity index is 497. The average molecular weight is 290 g/mol. The quantitative estimate of drug-likeness (QED) is 0.864. The molecule has 0 aromatic heterocycles. The number of aliphatic hydroxyl groups excluding tert-OH is 1. The van der Waals surface area contributed by atoms with E-state index >= 15 is 0 Å². The van der Waals surface area contributed by atoms with Gasteiger partial charge in [-0.25, -0.2) is 0 Å². The molecule has 4 atom stereocenters. The van der Waals surface area contributed by atoms with Crippen molar-refractivity contribution in [2.45, 2.75) is 44.6 Å². The molecule has 0 saturated carbocycles. The number of hydrogen-bond donors (Lipinski definition) is 1. The molecule has 0 unspecified atom stereocenters. The Labute approximate surface area is 125 Å². The standard InChI is InChI=1S/C17H22O4/c1-17(2)20-14-9-8-13(10-18)15(16(14)21-17)19-11-12-6-4-3-5-7-12/h3-9,13-16,18H,10-11H2,1-2H3/t13-,14+,15-,16+/m1/s1. The Morgan fingerprint density at radius 2 is 1.90 bits per heavy atom. The molecule has 1 saturated heterocycles. The summed E-state index contributed by atoms with van der Waals surface area (Å²) in [7, 11) is 0. The molecule has 1 fully saturated rings. The largest absolute Gasteiger partial charge is 0.396 e. The van der Waals surface area contributed by atoms with Gasteiger partial charge in [-0.05, 0) is 19.4 Å². The molecule has 4 heteroatoms. The van der Waals surface area contributed by atoms with Gasteiger partial charge in [0.25, 0.3) is 0 Å². The van der Waals surface area contributed by atoms with Gasteiger partial charge in [-0.2, -0.15) is 0 Å². The van der Waals surface area contributed by atoms with E-state index in [0.29, 0.717) is 6.61 Å². The van der Waals surface area contributed by atoms with Crippen molar-refractivity contribution in [2.24, 2.45) is 5.92 Å². The van der Waals surface area contributed by atoms with Crippen LogP contribution in [0.15, 0.2) is 42.5 Å². The van der Waals surface area contributed by atoms with Gasteiger partial charge in [0.15, 0.2) is 5.79 Å². The Hall–Kier alpha value is -1.20. The fourth-order valence-corrected chi connectivity index (χ4v) is 2.98. The van der Waals surface area contributed by atoms with Crippen LogP contribution in [0, 0.1) is 5.92 Å². The lowest BCUT2D eigenvalue weighted by Gasteiger charge is -2.33. The summed E-state index contributed by atoms with van der Waals surface area (Å²) in [5, 5.41) is 9.58. The van der Waals surface area contributed by atoms with Gasteiger partial charge in [-0.15, -0.1) is 0 Å². The van der Waals surface area contributed by atoms with Crippen LogP contribution in [-0.4, -0.2) is 35.8 Å². The lowest BCUT2D eigenvalue weighted by atomic mass is 9.89. The second-order valence-electron chi connectivity index (χ2n) is 6.06. The Kier molecular flexibility index (Phi) is 4.13. The molecule has 1 N–H and O–H groups in total. The van der Waals surface area contributed by atoms with Gasteiger partial charge in [-0.1, -0.05) is 42.5 Å². The van der Waals surface area contributed by atoms with Crippen molar-refractivity contribution in [3.63, 3.8) is 0 Å². The predicted molar refractivity (Wildman–Crippen MR) is 78.6 cm³/mol. The van der Waals surface area contributed by atoms with Crippen molar-refractivity contribution in [3.8, 4) is 0 Å². The highest BCUT2D eigenvalue weighted by Gasteiger charge is 2.48. The second-order valence-corrected chi connectivity index (χ2v) is 6.06. The van der Waals surface area contributed by atoms with E-state index in [1.807, 2.05) is 56.3 Å². The highest BCUT2D eigenvalue weighted by Crippen LogP contribution is 2.37. The zero-order chi connectivity index (χ0) is 14.9. The third kappa shape index (κ3) is 3.19. The molecule has 0 spiro atoms. The molecular weight excluding hydrogens is 268 g/mol. The van der Waals surface area contributed by atoms with Crippen LogP contribution in [0.1, 0.15) is 19.4 Å². The Morgan fingerprint density at radius 1 is 1.14 bits per heavy atom. The van der Waals surface area contributed by atoms with Gasteiger partial charge in [-0.3, -0.25) is 0 Å². The van der Waals surface area contributed by atoms with Crippen LogP contribution in [0.4, 0.5) is 0 Å². The van der Waals surface area contributed by atoms with E-state index in [2.05, 4.69) is 0 Å². The summed E-state index contributed by atoms with van der Waals surface area (Å²) < 4.78 is 17.9. The fourth-order valence-electron chi connectivity index (χ4n) is 2.98. The molecule has 3 rings (SSSR count). The van der Waals surface area contributed by atoms with Crippen molar-refractivity contribution in [2.75, 3.05) is 6.61 Å². The van der Waals surface area contributed by atoms with E-state index in [-0.39, 0.29) is 30.8 Å². The third-order valence-corrected chi connectivity index (χ3v) is 3.95. The van der Waals surface area contributed by atoms with E-state index in [1.165, 1.54) is 0 Å². The average Bonchev–Trinajstić information content (AvgIpc) is 2.80. The maximum absolute atomic E-state index is 9.58. The van der Waals surface area contributed by atoms with Gasteiger partial charge in [0.05, 0.1) is 19.3 Å². The first-order chi connectivity index (χ1) is 10.1. The van der Waals surface area contributed by atoms with Crippen LogP contribution in [-0.2, 0) is 20.8 Å². The molecule has 2 aliphatic rings. The van der Waals surface area contributed by atoms with Crippen molar-refractivity contribution in [1.29, 1.82) is 0 Å². The van der Waals surface area contributed by atoms with Crippen LogP contribution in [0.3, 0.4) is 0 Å². The van der Waals surface area contributed by atoms with Gasteiger partial charge in [0.1, 0.15) is 12.2 Å². The van der Waals surface area contributed by atoms with Crippen LogP contribution in [0.25, 0.3) is 0 Å². The minimum absolute atomic E-state index is 0.0446. The smallest absolute Gasteiger partial charge is 0.164 e. The molecule has 1 aliphatic carbocycles. The minimum Gasteiger partial charge on any atom is -0.396 e. The lowest BCUT2D eigenvalue weighted by molar-refractivity contribution is -0.164. The summed E-state index contributed by atoms with van der Waals surface area (Å²) in [5.41, 5.74) is 1.11. The van der Waals surface area contributed by atoms with E-state index < -0.39 is 5.79 Å². The van der Waals surface area contributed by atoms with Crippen molar-refractivity contribution in [1.82, 2.24) is 0 Å². The molecule has 4 nitrogen and oxygen atoms in total. The van der Waals surface area contributed by atoms with Gasteiger partial charge >= 0.3 is 0 Å². The highest BCUT2D eigenvalue weighted by atomic mass is 16.8. The minimum atomic E-state index is -0.613. The number of fused-ring (bicyclic) bond motifs is 1. The van der Waals surface area contributed by atoms with E-state index in [1.54, 1.807) is 0 Å². The number of ether oxygens (including phenoxy) is 3. The Balaban J connectivity index is 1.73. The highest BCUT2D eigenvalue weighted by molar-refractivity contribution is 5.15. The van der Waals surface area contributed by atoms with Crippen LogP contribution >= 0.6 is 0 Å². The molecule has 1 aromatic carbocycles. The maximum Gasteiger partial charge on any atom is 0.164 e. The monoisotopic (exact) mass is 290 g/mol. The first-order valence-corrected chi connectivity index (χ1v) is 7.39.